The van der Waals surface area contributed by atoms with Crippen LogP contribution in [0.5, 0.6) is 0 Å². The number of primary amides is 1. The monoisotopic (exact) mass is 732 g/mol. The van der Waals surface area contributed by atoms with Gasteiger partial charge in [-0.1, -0.05) is 39.8 Å². The maximum Gasteiger partial charge on any atom is 0.312 e. The molecule has 286 valence electrons. The summed E-state index contributed by atoms with van der Waals surface area (Å²) in [6.07, 6.45) is -0.970. The van der Waals surface area contributed by atoms with Gasteiger partial charge in [0, 0.05) is 18.7 Å². The predicted octanol–water partition coefficient (Wildman–Crippen LogP) is -1.17. The highest BCUT2D eigenvalue weighted by Crippen LogP contribution is 2.14. The molecule has 1 heterocycles. The van der Waals surface area contributed by atoms with Gasteiger partial charge in [0.1, 0.15) is 31.3 Å². The second kappa shape index (κ2) is 20.3. The summed E-state index contributed by atoms with van der Waals surface area (Å²) in [4.78, 5) is 112. The number of nitrogens with two attached hydrogens (primary N) is 2. The third-order valence-electron chi connectivity index (χ3n) is 7.80. The van der Waals surface area contributed by atoms with Crippen molar-refractivity contribution in [2.24, 2.45) is 23.3 Å². The van der Waals surface area contributed by atoms with E-state index in [2.05, 4.69) is 26.6 Å². The maximum absolute atomic E-state index is 13.6. The molecule has 0 aromatic heterocycles. The topological polar surface area (TPSA) is 299 Å². The largest absolute Gasteiger partial charge is 0.481 e. The summed E-state index contributed by atoms with van der Waals surface area (Å²) in [5.74, 6) is -7.22. The van der Waals surface area contributed by atoms with Gasteiger partial charge in [-0.2, -0.15) is 0 Å². The first kappa shape index (κ1) is 42.6. The van der Waals surface area contributed by atoms with E-state index >= 15 is 0 Å². The Hall–Kier alpha value is -5.59. The molecule has 19 nitrogen and oxygen atoms in total. The Morgan fingerprint density at radius 3 is 2.08 bits per heavy atom. The summed E-state index contributed by atoms with van der Waals surface area (Å²) < 4.78 is 5.21. The SMILES string of the molecule is CC(C)C(=O)OCc1ccc(NC(=O)[C@H](CCCNC(N)=O)NC(=O)[C@@H](NC(=O)[C@H](CCC(=O)O)NC(=O)CN2C(=O)CC(N)C2=O)C(C)C)cc1. The molecule has 1 aromatic rings. The normalized spacial score (nSPS) is 15.8. The number of carboxylic acids is 1. The van der Waals surface area contributed by atoms with Crippen LogP contribution in [0.2, 0.25) is 0 Å². The van der Waals surface area contributed by atoms with Crippen LogP contribution in [0.15, 0.2) is 24.3 Å². The van der Waals surface area contributed by atoms with Gasteiger partial charge >= 0.3 is 18.0 Å². The molecule has 1 fully saturated rings. The van der Waals surface area contributed by atoms with Crippen molar-refractivity contribution < 1.29 is 53.0 Å². The fraction of sp³-hybridized carbons (Fsp3) is 0.545. The number of esters is 1. The van der Waals surface area contributed by atoms with E-state index in [9.17, 15) is 48.3 Å². The number of anilines is 1. The van der Waals surface area contributed by atoms with Gasteiger partial charge in [-0.3, -0.25) is 43.3 Å². The number of ether oxygens (including phenoxy) is 1. The Kier molecular flexibility index (Phi) is 16.6. The number of carbonyl (C=O) groups excluding carboxylic acids is 8. The van der Waals surface area contributed by atoms with E-state index in [0.29, 0.717) is 16.2 Å². The zero-order valence-corrected chi connectivity index (χ0v) is 29.6. The Morgan fingerprint density at radius 2 is 1.54 bits per heavy atom. The summed E-state index contributed by atoms with van der Waals surface area (Å²) >= 11 is 0. The zero-order chi connectivity index (χ0) is 39.1. The first-order chi connectivity index (χ1) is 24.4. The quantitative estimate of drug-likeness (QED) is 0.0447. The number of amides is 8. The highest BCUT2D eigenvalue weighted by atomic mass is 16.5. The van der Waals surface area contributed by atoms with Crippen LogP contribution in [0.3, 0.4) is 0 Å². The Morgan fingerprint density at radius 1 is 0.904 bits per heavy atom. The molecule has 0 aliphatic carbocycles. The molecule has 0 spiro atoms. The van der Waals surface area contributed by atoms with Crippen LogP contribution in [-0.2, 0) is 49.7 Å². The minimum absolute atomic E-state index is 0.0342. The average Bonchev–Trinajstić information content (AvgIpc) is 3.30. The lowest BCUT2D eigenvalue weighted by atomic mass is 10.0. The van der Waals surface area contributed by atoms with E-state index in [1.165, 1.54) is 0 Å². The molecule has 1 unspecified atom stereocenters. The molecular formula is C33H48N8O11. The predicted molar refractivity (Wildman–Crippen MR) is 183 cm³/mol. The van der Waals surface area contributed by atoms with Gasteiger partial charge in [-0.05, 0) is 42.9 Å². The van der Waals surface area contributed by atoms with Crippen LogP contribution in [0.1, 0.15) is 65.4 Å². The van der Waals surface area contributed by atoms with Crippen LogP contribution in [0.25, 0.3) is 0 Å². The molecule has 10 N–H and O–H groups in total. The number of benzene rings is 1. The van der Waals surface area contributed by atoms with Crippen LogP contribution in [0, 0.1) is 11.8 Å². The van der Waals surface area contributed by atoms with E-state index in [-0.39, 0.29) is 44.3 Å². The van der Waals surface area contributed by atoms with Crippen molar-refractivity contribution in [1.82, 2.24) is 26.2 Å². The first-order valence-electron chi connectivity index (χ1n) is 16.7. The minimum atomic E-state index is -1.48. The van der Waals surface area contributed by atoms with E-state index < -0.39 is 96.9 Å². The molecule has 0 radical (unpaired) electrons. The number of aliphatic carboxylic acids is 1. The number of urea groups is 1. The van der Waals surface area contributed by atoms with Gasteiger partial charge in [-0.25, -0.2) is 4.79 Å². The molecule has 1 aliphatic rings. The van der Waals surface area contributed by atoms with Crippen molar-refractivity contribution in [3.05, 3.63) is 29.8 Å². The minimum Gasteiger partial charge on any atom is -0.481 e. The summed E-state index contributed by atoms with van der Waals surface area (Å²) in [6.45, 7) is 6.01. The summed E-state index contributed by atoms with van der Waals surface area (Å²) in [6, 6.07) is 0.650. The van der Waals surface area contributed by atoms with Gasteiger partial charge in [0.05, 0.1) is 18.4 Å². The molecule has 1 aliphatic heterocycles. The number of hydrogen-bond donors (Lipinski definition) is 8. The molecule has 2 rings (SSSR count). The first-order valence-corrected chi connectivity index (χ1v) is 16.7. The van der Waals surface area contributed by atoms with Gasteiger partial charge in [-0.15, -0.1) is 0 Å². The summed E-state index contributed by atoms with van der Waals surface area (Å²) in [5, 5.41) is 21.8. The van der Waals surface area contributed by atoms with Crippen molar-refractivity contribution in [3.8, 4) is 0 Å². The van der Waals surface area contributed by atoms with Crippen molar-refractivity contribution in [3.63, 3.8) is 0 Å². The van der Waals surface area contributed by atoms with Gasteiger partial charge in [0.15, 0.2) is 0 Å². The fourth-order valence-electron chi connectivity index (χ4n) is 4.87. The maximum atomic E-state index is 13.6. The number of hydrogen-bond acceptors (Lipinski definition) is 11. The molecule has 1 saturated heterocycles. The van der Waals surface area contributed by atoms with E-state index in [1.807, 2.05) is 0 Å². The molecule has 8 amide bonds. The van der Waals surface area contributed by atoms with E-state index in [4.69, 9.17) is 16.2 Å². The van der Waals surface area contributed by atoms with E-state index in [1.54, 1.807) is 52.0 Å². The zero-order valence-electron chi connectivity index (χ0n) is 29.6. The highest BCUT2D eigenvalue weighted by molar-refractivity contribution is 6.08. The lowest BCUT2D eigenvalue weighted by Gasteiger charge is -2.27. The van der Waals surface area contributed by atoms with Crippen LogP contribution in [-0.4, -0.2) is 101 Å². The lowest BCUT2D eigenvalue weighted by molar-refractivity contribution is -0.148. The molecule has 0 bridgehead atoms. The van der Waals surface area contributed by atoms with Crippen molar-refractivity contribution in [2.75, 3.05) is 18.4 Å². The van der Waals surface area contributed by atoms with Crippen molar-refractivity contribution in [1.29, 1.82) is 0 Å². The lowest BCUT2D eigenvalue weighted by Crippen LogP contribution is -2.58. The summed E-state index contributed by atoms with van der Waals surface area (Å²) in [5.41, 5.74) is 11.7. The fourth-order valence-corrected chi connectivity index (χ4v) is 4.87. The molecule has 52 heavy (non-hydrogen) atoms. The number of likely N-dealkylation sites (tertiary alicyclic amines) is 1. The standard InChI is InChI=1S/C33H48N8O11/c1-17(2)27(40-29(47)23(11-12-26(44)45)38-24(42)15-41-25(43)14-21(34)31(41)49)30(48)39-22(6-5-13-36-33(35)51)28(46)37-20-9-7-19(8-10-20)16-52-32(50)18(3)4/h7-10,17-18,21-23,27H,5-6,11-16,34H2,1-4H3,(H,37,46)(H,38,42)(H,39,48)(H,40,47)(H,44,45)(H3,35,36,51)/t21?,22-,23-,27-/m0/s1. The number of carbonyl (C=O) groups is 9. The number of imide groups is 1. The average molecular weight is 733 g/mol. The third-order valence-corrected chi connectivity index (χ3v) is 7.80. The molecule has 1 aromatic carbocycles. The molecular weight excluding hydrogens is 684 g/mol. The second-order valence-electron chi connectivity index (χ2n) is 12.9. The number of carboxylic acid groups (broad SMARTS) is 1. The Bertz CT molecular complexity index is 1500. The molecule has 4 atom stereocenters. The smallest absolute Gasteiger partial charge is 0.312 e. The molecule has 0 saturated carbocycles. The van der Waals surface area contributed by atoms with Gasteiger partial charge < -0.3 is 47.9 Å². The number of nitrogens with one attached hydrogen (secondary N) is 5. The van der Waals surface area contributed by atoms with Crippen LogP contribution in [0.4, 0.5) is 10.5 Å². The second-order valence-corrected chi connectivity index (χ2v) is 12.9. The number of rotatable bonds is 20. The van der Waals surface area contributed by atoms with E-state index in [0.717, 1.165) is 0 Å². The van der Waals surface area contributed by atoms with Gasteiger partial charge in [0.25, 0.3) is 0 Å². The van der Waals surface area contributed by atoms with Crippen molar-refractivity contribution >= 4 is 59.1 Å². The Labute approximate surface area is 300 Å². The summed E-state index contributed by atoms with van der Waals surface area (Å²) in [7, 11) is 0. The molecule has 19 heteroatoms. The Balaban J connectivity index is 2.17. The van der Waals surface area contributed by atoms with Crippen molar-refractivity contribution in [2.45, 2.75) is 90.6 Å². The van der Waals surface area contributed by atoms with Crippen LogP contribution >= 0.6 is 0 Å². The number of nitrogens with zero attached hydrogens (tertiary/aromatic N) is 1. The highest BCUT2D eigenvalue weighted by Gasteiger charge is 2.38. The van der Waals surface area contributed by atoms with Crippen LogP contribution < -0.4 is 38.1 Å². The van der Waals surface area contributed by atoms with Gasteiger partial charge in [0.2, 0.25) is 35.4 Å². The third kappa shape index (κ3) is 14.0.